The van der Waals surface area contributed by atoms with E-state index in [0.717, 1.165) is 6.54 Å². The van der Waals surface area contributed by atoms with E-state index in [2.05, 4.69) is 30.4 Å². The fourth-order valence-corrected chi connectivity index (χ4v) is 3.24. The van der Waals surface area contributed by atoms with Gasteiger partial charge in [0.25, 0.3) is 0 Å². The maximum Gasteiger partial charge on any atom is 0.0374 e. The van der Waals surface area contributed by atoms with Gasteiger partial charge in [-0.25, -0.2) is 0 Å². The summed E-state index contributed by atoms with van der Waals surface area (Å²) in [5.74, 6) is 1.27. The highest BCUT2D eigenvalue weighted by molar-refractivity contribution is 7.99. The Labute approximate surface area is 123 Å². The monoisotopic (exact) mass is 279 g/mol. The molecule has 0 amide bonds. The predicted molar refractivity (Wildman–Crippen MR) is 89.5 cm³/mol. The van der Waals surface area contributed by atoms with Crippen molar-refractivity contribution < 1.29 is 0 Å². The Kier molecular flexibility index (Phi) is 8.81. The van der Waals surface area contributed by atoms with E-state index in [1.54, 1.807) is 0 Å². The van der Waals surface area contributed by atoms with Crippen molar-refractivity contribution in [3.05, 3.63) is 23.8 Å². The Morgan fingerprint density at radius 3 is 2.68 bits per heavy atom. The smallest absolute Gasteiger partial charge is 0.0374 e. The molecular weight excluding hydrogens is 250 g/mol. The lowest BCUT2D eigenvalue weighted by Crippen LogP contribution is -1.90. The Balaban J connectivity index is 0.000000861. The van der Waals surface area contributed by atoms with Gasteiger partial charge in [-0.3, -0.25) is 0 Å². The van der Waals surface area contributed by atoms with Crippen LogP contribution in [0, 0.1) is 0 Å². The Bertz CT molecular complexity index is 349. The number of thioether (sulfide) groups is 1. The summed E-state index contributed by atoms with van der Waals surface area (Å²) in [5.41, 5.74) is 2.85. The highest BCUT2D eigenvalue weighted by Crippen LogP contribution is 2.28. The highest BCUT2D eigenvalue weighted by Gasteiger charge is 2.09. The van der Waals surface area contributed by atoms with Crippen LogP contribution in [-0.2, 0) is 6.42 Å². The lowest BCUT2D eigenvalue weighted by atomic mass is 10.2. The fourth-order valence-electron chi connectivity index (χ4n) is 2.27. The SMILES string of the molecule is CC.CCCCCCCSc1ccc2c(c1)CCN2. The molecule has 0 saturated carbocycles. The van der Waals surface area contributed by atoms with Crippen molar-refractivity contribution in [3.63, 3.8) is 0 Å². The van der Waals surface area contributed by atoms with Crippen LogP contribution in [0.5, 0.6) is 0 Å². The second kappa shape index (κ2) is 10.2. The molecule has 0 aliphatic carbocycles. The third kappa shape index (κ3) is 5.90. The molecule has 0 bridgehead atoms. The highest BCUT2D eigenvalue weighted by atomic mass is 32.2. The molecule has 1 aliphatic heterocycles. The number of nitrogens with one attached hydrogen (secondary N) is 1. The van der Waals surface area contributed by atoms with Crippen molar-refractivity contribution in [3.8, 4) is 0 Å². The van der Waals surface area contributed by atoms with Crippen LogP contribution >= 0.6 is 11.8 Å². The third-order valence-electron chi connectivity index (χ3n) is 3.30. The molecule has 2 rings (SSSR count). The van der Waals surface area contributed by atoms with E-state index < -0.39 is 0 Å². The molecule has 0 atom stereocenters. The minimum Gasteiger partial charge on any atom is -0.384 e. The Morgan fingerprint density at radius 2 is 1.89 bits per heavy atom. The van der Waals surface area contributed by atoms with Gasteiger partial charge in [-0.1, -0.05) is 46.5 Å². The summed E-state index contributed by atoms with van der Waals surface area (Å²) < 4.78 is 0. The van der Waals surface area contributed by atoms with E-state index in [9.17, 15) is 0 Å². The van der Waals surface area contributed by atoms with E-state index in [0.29, 0.717) is 0 Å². The predicted octanol–water partition coefficient (Wildman–Crippen LogP) is 5.74. The van der Waals surface area contributed by atoms with E-state index >= 15 is 0 Å². The number of benzene rings is 1. The van der Waals surface area contributed by atoms with Crippen molar-refractivity contribution in [1.29, 1.82) is 0 Å². The maximum absolute atomic E-state index is 3.41. The Morgan fingerprint density at radius 1 is 1.11 bits per heavy atom. The van der Waals surface area contributed by atoms with E-state index in [4.69, 9.17) is 0 Å². The van der Waals surface area contributed by atoms with Gasteiger partial charge in [-0.05, 0) is 42.4 Å². The zero-order valence-corrected chi connectivity index (χ0v) is 13.6. The molecule has 0 fully saturated rings. The summed E-state index contributed by atoms with van der Waals surface area (Å²) >= 11 is 2.02. The zero-order chi connectivity index (χ0) is 13.9. The first-order valence-corrected chi connectivity index (χ1v) is 8.88. The molecule has 0 saturated heterocycles. The molecule has 2 heteroatoms. The number of anilines is 1. The van der Waals surface area contributed by atoms with Gasteiger partial charge in [-0.2, -0.15) is 0 Å². The van der Waals surface area contributed by atoms with Crippen LogP contribution in [0.1, 0.15) is 58.4 Å². The first-order valence-electron chi connectivity index (χ1n) is 7.90. The number of hydrogen-bond donors (Lipinski definition) is 1. The number of rotatable bonds is 7. The molecule has 1 nitrogen and oxygen atoms in total. The van der Waals surface area contributed by atoms with Gasteiger partial charge in [0, 0.05) is 17.1 Å². The summed E-state index contributed by atoms with van der Waals surface area (Å²) in [6.07, 6.45) is 8.10. The van der Waals surface area contributed by atoms with Crippen LogP contribution < -0.4 is 5.32 Å². The van der Waals surface area contributed by atoms with Crippen molar-refractivity contribution in [2.45, 2.75) is 64.2 Å². The molecule has 108 valence electrons. The third-order valence-corrected chi connectivity index (χ3v) is 4.38. The quantitative estimate of drug-likeness (QED) is 0.504. The molecule has 1 N–H and O–H groups in total. The van der Waals surface area contributed by atoms with Gasteiger partial charge < -0.3 is 5.32 Å². The molecule has 0 unspecified atom stereocenters. The largest absolute Gasteiger partial charge is 0.384 e. The average molecular weight is 279 g/mol. The van der Waals surface area contributed by atoms with Crippen LogP contribution in [0.4, 0.5) is 5.69 Å². The first kappa shape index (κ1) is 16.4. The van der Waals surface area contributed by atoms with Gasteiger partial charge in [0.15, 0.2) is 0 Å². The molecule has 0 aromatic heterocycles. The van der Waals surface area contributed by atoms with Crippen LogP contribution in [-0.4, -0.2) is 12.3 Å². The number of hydrogen-bond acceptors (Lipinski definition) is 2. The Hall–Kier alpha value is -0.630. The normalized spacial score (nSPS) is 12.4. The summed E-state index contributed by atoms with van der Waals surface area (Å²) in [7, 11) is 0. The minimum absolute atomic E-state index is 1.11. The van der Waals surface area contributed by atoms with Crippen LogP contribution in [0.2, 0.25) is 0 Å². The summed E-state index contributed by atoms with van der Waals surface area (Å²) in [5, 5.41) is 3.41. The lowest BCUT2D eigenvalue weighted by Gasteiger charge is -2.04. The molecule has 1 heterocycles. The second-order valence-corrected chi connectivity index (χ2v) is 5.93. The van der Waals surface area contributed by atoms with Gasteiger partial charge >= 0.3 is 0 Å². The maximum atomic E-state index is 3.41. The van der Waals surface area contributed by atoms with Gasteiger partial charge in [0.2, 0.25) is 0 Å². The molecule has 0 spiro atoms. The van der Waals surface area contributed by atoms with E-state index in [1.807, 2.05) is 25.6 Å². The number of unbranched alkanes of at least 4 members (excludes halogenated alkanes) is 4. The molecule has 1 aliphatic rings. The van der Waals surface area contributed by atoms with Gasteiger partial charge in [-0.15, -0.1) is 11.8 Å². The van der Waals surface area contributed by atoms with Crippen molar-refractivity contribution >= 4 is 17.4 Å². The second-order valence-electron chi connectivity index (χ2n) is 4.76. The van der Waals surface area contributed by atoms with Crippen molar-refractivity contribution in [2.24, 2.45) is 0 Å². The van der Waals surface area contributed by atoms with Gasteiger partial charge in [0.05, 0.1) is 0 Å². The molecule has 19 heavy (non-hydrogen) atoms. The molecule has 1 aromatic carbocycles. The van der Waals surface area contributed by atoms with Crippen molar-refractivity contribution in [2.75, 3.05) is 17.6 Å². The van der Waals surface area contributed by atoms with Crippen LogP contribution in [0.25, 0.3) is 0 Å². The molecule has 1 aromatic rings. The summed E-state index contributed by atoms with van der Waals surface area (Å²) in [6.45, 7) is 7.38. The van der Waals surface area contributed by atoms with Gasteiger partial charge in [0.1, 0.15) is 0 Å². The average Bonchev–Trinajstić information content (AvgIpc) is 2.92. The first-order chi connectivity index (χ1) is 9.40. The summed E-state index contributed by atoms with van der Waals surface area (Å²) in [6, 6.07) is 6.86. The lowest BCUT2D eigenvalue weighted by molar-refractivity contribution is 0.659. The minimum atomic E-state index is 1.11. The molecule has 0 radical (unpaired) electrons. The number of fused-ring (bicyclic) bond motifs is 1. The van der Waals surface area contributed by atoms with E-state index in [-0.39, 0.29) is 0 Å². The van der Waals surface area contributed by atoms with Crippen molar-refractivity contribution in [1.82, 2.24) is 0 Å². The summed E-state index contributed by atoms with van der Waals surface area (Å²) in [4.78, 5) is 1.45. The topological polar surface area (TPSA) is 12.0 Å². The van der Waals surface area contributed by atoms with Crippen LogP contribution in [0.3, 0.4) is 0 Å². The fraction of sp³-hybridized carbons (Fsp3) is 0.647. The zero-order valence-electron chi connectivity index (χ0n) is 12.8. The van der Waals surface area contributed by atoms with Crippen LogP contribution in [0.15, 0.2) is 23.1 Å². The standard InChI is InChI=1S/C15H23NS.C2H6/c1-2-3-4-5-6-11-17-14-7-8-15-13(12-14)9-10-16-15;1-2/h7-8,12,16H,2-6,9-11H2,1H3;1-2H3. The van der Waals surface area contributed by atoms with E-state index in [1.165, 1.54) is 60.4 Å². The molecular formula is C17H29NS.